The number of carbonyl (C=O) groups excluding carboxylic acids is 2. The van der Waals surface area contributed by atoms with E-state index in [1.54, 1.807) is 17.5 Å². The molecule has 7 heteroatoms. The van der Waals surface area contributed by atoms with Crippen LogP contribution < -0.4 is 10.6 Å². The number of hydrogen-bond donors (Lipinski definition) is 3. The summed E-state index contributed by atoms with van der Waals surface area (Å²) in [6.45, 7) is 5.18. The molecule has 1 heterocycles. The van der Waals surface area contributed by atoms with Gasteiger partial charge in [-0.25, -0.2) is 0 Å². The Morgan fingerprint density at radius 1 is 1.29 bits per heavy atom. The number of amides is 2. The van der Waals surface area contributed by atoms with Gasteiger partial charge in [-0.3, -0.25) is 14.4 Å². The van der Waals surface area contributed by atoms with Gasteiger partial charge in [0.1, 0.15) is 6.04 Å². The van der Waals surface area contributed by atoms with Crippen molar-refractivity contribution >= 4 is 29.1 Å². The molecule has 6 nitrogen and oxygen atoms in total. The van der Waals surface area contributed by atoms with Crippen molar-refractivity contribution in [1.82, 2.24) is 10.6 Å². The number of nitrogens with one attached hydrogen (secondary N) is 2. The molecule has 0 aliphatic carbocycles. The average Bonchev–Trinajstić information content (AvgIpc) is 2.94. The third kappa shape index (κ3) is 5.18. The fourth-order valence-corrected chi connectivity index (χ4v) is 2.23. The van der Waals surface area contributed by atoms with Crippen LogP contribution in [0.25, 0.3) is 0 Å². The molecule has 2 amide bonds. The molecule has 0 saturated heterocycles. The Hall–Kier alpha value is -1.89. The molecule has 0 aliphatic heterocycles. The highest BCUT2D eigenvalue weighted by molar-refractivity contribution is 7.12. The second-order valence-corrected chi connectivity index (χ2v) is 6.10. The first-order chi connectivity index (χ1) is 9.82. The zero-order valence-corrected chi connectivity index (χ0v) is 13.1. The summed E-state index contributed by atoms with van der Waals surface area (Å²) in [7, 11) is 0. The summed E-state index contributed by atoms with van der Waals surface area (Å²) in [5, 5.41) is 15.8. The maximum absolute atomic E-state index is 12.1. The van der Waals surface area contributed by atoms with Gasteiger partial charge in [-0.2, -0.15) is 0 Å². The minimum absolute atomic E-state index is 0.0340. The van der Waals surface area contributed by atoms with Crippen LogP contribution >= 0.6 is 11.3 Å². The molecule has 1 rings (SSSR count). The number of thiophene rings is 1. The van der Waals surface area contributed by atoms with Crippen molar-refractivity contribution in [1.29, 1.82) is 0 Å². The van der Waals surface area contributed by atoms with Crippen LogP contribution in [0.5, 0.6) is 0 Å². The lowest BCUT2D eigenvalue weighted by molar-refractivity contribution is -0.141. The van der Waals surface area contributed by atoms with Gasteiger partial charge in [0.25, 0.3) is 5.91 Å². The Morgan fingerprint density at radius 3 is 2.43 bits per heavy atom. The van der Waals surface area contributed by atoms with E-state index < -0.39 is 17.9 Å². The Kier molecular flexibility index (Phi) is 6.36. The van der Waals surface area contributed by atoms with Gasteiger partial charge in [-0.05, 0) is 17.4 Å². The van der Waals surface area contributed by atoms with Gasteiger partial charge in [0, 0.05) is 6.54 Å². The summed E-state index contributed by atoms with van der Waals surface area (Å²) in [6, 6.07) is 2.75. The standard InChI is InChI=1S/C14H20N2O4S/c1-8(2)11(13(18)15-7-9(3)14(19)20)16-12(17)10-5-4-6-21-10/h4-6,8-9,11H,7H2,1-3H3,(H,15,18)(H,16,17)(H,19,20). The van der Waals surface area contributed by atoms with E-state index in [1.165, 1.54) is 18.3 Å². The predicted octanol–water partition coefficient (Wildman–Crippen LogP) is 1.34. The summed E-state index contributed by atoms with van der Waals surface area (Å²) >= 11 is 1.30. The highest BCUT2D eigenvalue weighted by atomic mass is 32.1. The van der Waals surface area contributed by atoms with Gasteiger partial charge in [0.15, 0.2) is 0 Å². The average molecular weight is 312 g/mol. The zero-order chi connectivity index (χ0) is 16.0. The highest BCUT2D eigenvalue weighted by Gasteiger charge is 2.25. The molecule has 116 valence electrons. The minimum atomic E-state index is -0.973. The van der Waals surface area contributed by atoms with Crippen LogP contribution in [0.3, 0.4) is 0 Å². The first-order valence-corrected chi connectivity index (χ1v) is 7.55. The van der Waals surface area contributed by atoms with E-state index in [0.717, 1.165) is 0 Å². The molecule has 2 unspecified atom stereocenters. The largest absolute Gasteiger partial charge is 0.481 e. The lowest BCUT2D eigenvalue weighted by Crippen LogP contribution is -2.50. The Bertz CT molecular complexity index is 499. The summed E-state index contributed by atoms with van der Waals surface area (Å²) < 4.78 is 0. The molecule has 1 aromatic heterocycles. The van der Waals surface area contributed by atoms with E-state index >= 15 is 0 Å². The molecule has 3 N–H and O–H groups in total. The SMILES string of the molecule is CC(CNC(=O)C(NC(=O)c1cccs1)C(C)C)C(=O)O. The molecular weight excluding hydrogens is 292 g/mol. The van der Waals surface area contributed by atoms with Gasteiger partial charge < -0.3 is 15.7 Å². The molecule has 0 fully saturated rings. The molecule has 0 aromatic carbocycles. The normalized spacial score (nSPS) is 13.5. The monoisotopic (exact) mass is 312 g/mol. The predicted molar refractivity (Wildman–Crippen MR) is 80.2 cm³/mol. The van der Waals surface area contributed by atoms with Crippen molar-refractivity contribution in [3.63, 3.8) is 0 Å². The maximum Gasteiger partial charge on any atom is 0.308 e. The zero-order valence-electron chi connectivity index (χ0n) is 12.3. The van der Waals surface area contributed by atoms with Crippen LogP contribution in [0.2, 0.25) is 0 Å². The van der Waals surface area contributed by atoms with Crippen LogP contribution in [-0.2, 0) is 9.59 Å². The second kappa shape index (κ2) is 7.78. The Labute approximate surface area is 127 Å². The van der Waals surface area contributed by atoms with Crippen molar-refractivity contribution in [2.24, 2.45) is 11.8 Å². The second-order valence-electron chi connectivity index (χ2n) is 5.16. The molecule has 2 atom stereocenters. The van der Waals surface area contributed by atoms with Crippen LogP contribution in [0.1, 0.15) is 30.4 Å². The Balaban J connectivity index is 2.62. The summed E-state index contributed by atoms with van der Waals surface area (Å²) in [5.74, 6) is -2.42. The van der Waals surface area contributed by atoms with E-state index in [-0.39, 0.29) is 24.3 Å². The van der Waals surface area contributed by atoms with Gasteiger partial charge in [0.05, 0.1) is 10.8 Å². The van der Waals surface area contributed by atoms with E-state index in [0.29, 0.717) is 4.88 Å². The van der Waals surface area contributed by atoms with Gasteiger partial charge in [-0.15, -0.1) is 11.3 Å². The van der Waals surface area contributed by atoms with E-state index in [1.807, 2.05) is 13.8 Å². The third-order valence-electron chi connectivity index (χ3n) is 2.98. The molecule has 1 aromatic rings. The van der Waals surface area contributed by atoms with Crippen molar-refractivity contribution in [3.05, 3.63) is 22.4 Å². The van der Waals surface area contributed by atoms with Gasteiger partial charge >= 0.3 is 5.97 Å². The van der Waals surface area contributed by atoms with Crippen molar-refractivity contribution in [2.75, 3.05) is 6.54 Å². The third-order valence-corrected chi connectivity index (χ3v) is 3.85. The van der Waals surface area contributed by atoms with Crippen LogP contribution in [-0.4, -0.2) is 35.5 Å². The topological polar surface area (TPSA) is 95.5 Å². The lowest BCUT2D eigenvalue weighted by Gasteiger charge is -2.22. The molecule has 0 spiro atoms. The fraction of sp³-hybridized carbons (Fsp3) is 0.500. The number of carboxylic acids is 1. The summed E-state index contributed by atoms with van der Waals surface area (Å²) in [6.07, 6.45) is 0. The molecule has 0 bridgehead atoms. The van der Waals surface area contributed by atoms with Crippen LogP contribution in [0.15, 0.2) is 17.5 Å². The number of hydrogen-bond acceptors (Lipinski definition) is 4. The quantitative estimate of drug-likeness (QED) is 0.708. The van der Waals surface area contributed by atoms with Crippen molar-refractivity contribution < 1.29 is 19.5 Å². The molecule has 0 aliphatic rings. The minimum Gasteiger partial charge on any atom is -0.481 e. The molecule has 0 saturated carbocycles. The van der Waals surface area contributed by atoms with Crippen molar-refractivity contribution in [2.45, 2.75) is 26.8 Å². The summed E-state index contributed by atoms with van der Waals surface area (Å²) in [5.41, 5.74) is 0. The smallest absolute Gasteiger partial charge is 0.308 e. The number of rotatable bonds is 7. The number of carboxylic acid groups (broad SMARTS) is 1. The van der Waals surface area contributed by atoms with Crippen LogP contribution in [0.4, 0.5) is 0 Å². The van der Waals surface area contributed by atoms with Crippen LogP contribution in [0, 0.1) is 11.8 Å². The highest BCUT2D eigenvalue weighted by Crippen LogP contribution is 2.10. The molecule has 0 radical (unpaired) electrons. The Morgan fingerprint density at radius 2 is 1.95 bits per heavy atom. The number of carbonyl (C=O) groups is 3. The maximum atomic E-state index is 12.1. The molecule has 21 heavy (non-hydrogen) atoms. The van der Waals surface area contributed by atoms with E-state index in [2.05, 4.69) is 10.6 Å². The first-order valence-electron chi connectivity index (χ1n) is 6.67. The summed E-state index contributed by atoms with van der Waals surface area (Å²) in [4.78, 5) is 35.4. The van der Waals surface area contributed by atoms with Crippen molar-refractivity contribution in [3.8, 4) is 0 Å². The lowest BCUT2D eigenvalue weighted by atomic mass is 10.0. The van der Waals surface area contributed by atoms with Gasteiger partial charge in [0.2, 0.25) is 5.91 Å². The first kappa shape index (κ1) is 17.2. The molecular formula is C14H20N2O4S. The van der Waals surface area contributed by atoms with E-state index in [4.69, 9.17) is 5.11 Å². The number of aliphatic carboxylic acids is 1. The fourth-order valence-electron chi connectivity index (χ4n) is 1.61. The van der Waals surface area contributed by atoms with Gasteiger partial charge in [-0.1, -0.05) is 26.8 Å². The van der Waals surface area contributed by atoms with E-state index in [9.17, 15) is 14.4 Å².